The zero-order chi connectivity index (χ0) is 12.1. The van der Waals surface area contributed by atoms with Crippen molar-refractivity contribution in [2.75, 3.05) is 6.61 Å². The fourth-order valence-corrected chi connectivity index (χ4v) is 2.14. The van der Waals surface area contributed by atoms with E-state index in [1.165, 1.54) is 0 Å². The maximum atomic E-state index is 6.01. The third kappa shape index (κ3) is 3.13. The Hall–Kier alpha value is -1.22. The molecule has 3 nitrogen and oxygen atoms in total. The number of hydrogen-bond donors (Lipinski definition) is 1. The van der Waals surface area contributed by atoms with Gasteiger partial charge in [-0.25, -0.2) is 0 Å². The molecule has 2 unspecified atom stereocenters. The molecule has 0 aromatic heterocycles. The fourth-order valence-electron chi connectivity index (χ4n) is 2.14. The highest BCUT2D eigenvalue weighted by Gasteiger charge is 2.26. The van der Waals surface area contributed by atoms with Gasteiger partial charge in [0.2, 0.25) is 0 Å². The Morgan fingerprint density at radius 1 is 1.24 bits per heavy atom. The topological polar surface area (TPSA) is 44.5 Å². The van der Waals surface area contributed by atoms with Gasteiger partial charge in [-0.3, -0.25) is 0 Å². The van der Waals surface area contributed by atoms with Crippen LogP contribution >= 0.6 is 0 Å². The Labute approximate surface area is 103 Å². The number of ether oxygens (including phenoxy) is 2. The van der Waals surface area contributed by atoms with E-state index in [0.717, 1.165) is 43.8 Å². The van der Waals surface area contributed by atoms with Crippen LogP contribution in [0.25, 0.3) is 0 Å². The summed E-state index contributed by atoms with van der Waals surface area (Å²) in [4.78, 5) is 0. The molecule has 1 aliphatic carbocycles. The lowest BCUT2D eigenvalue weighted by Gasteiger charge is -2.20. The van der Waals surface area contributed by atoms with Gasteiger partial charge >= 0.3 is 0 Å². The Morgan fingerprint density at radius 2 is 2.00 bits per heavy atom. The summed E-state index contributed by atoms with van der Waals surface area (Å²) < 4.78 is 11.6. The van der Waals surface area contributed by atoms with Crippen LogP contribution in [0.2, 0.25) is 0 Å². The maximum absolute atomic E-state index is 6.01. The maximum Gasteiger partial charge on any atom is 0.161 e. The van der Waals surface area contributed by atoms with Gasteiger partial charge in [0, 0.05) is 6.04 Å². The molecule has 17 heavy (non-hydrogen) atoms. The van der Waals surface area contributed by atoms with Crippen molar-refractivity contribution in [3.8, 4) is 11.5 Å². The van der Waals surface area contributed by atoms with E-state index in [2.05, 4.69) is 6.92 Å². The predicted molar refractivity (Wildman–Crippen MR) is 68.5 cm³/mol. The van der Waals surface area contributed by atoms with Crippen molar-refractivity contribution >= 4 is 0 Å². The molecular formula is C14H21NO2. The van der Waals surface area contributed by atoms with Gasteiger partial charge in [-0.2, -0.15) is 0 Å². The Morgan fingerprint density at radius 3 is 2.65 bits per heavy atom. The van der Waals surface area contributed by atoms with E-state index in [-0.39, 0.29) is 12.1 Å². The van der Waals surface area contributed by atoms with Crippen LogP contribution in [0.5, 0.6) is 11.5 Å². The Kier molecular flexibility index (Phi) is 4.26. The van der Waals surface area contributed by atoms with Gasteiger partial charge in [-0.1, -0.05) is 19.1 Å². The largest absolute Gasteiger partial charge is 0.490 e. The van der Waals surface area contributed by atoms with Crippen molar-refractivity contribution in [3.05, 3.63) is 24.3 Å². The van der Waals surface area contributed by atoms with E-state index in [9.17, 15) is 0 Å². The van der Waals surface area contributed by atoms with Crippen LogP contribution in [0.3, 0.4) is 0 Å². The molecule has 1 aromatic rings. The van der Waals surface area contributed by atoms with Crippen LogP contribution in [-0.2, 0) is 0 Å². The zero-order valence-corrected chi connectivity index (χ0v) is 10.4. The highest BCUT2D eigenvalue weighted by atomic mass is 16.5. The second-order valence-electron chi connectivity index (χ2n) is 4.55. The molecule has 1 saturated carbocycles. The second-order valence-corrected chi connectivity index (χ2v) is 4.55. The highest BCUT2D eigenvalue weighted by molar-refractivity contribution is 5.39. The second kappa shape index (κ2) is 5.92. The summed E-state index contributed by atoms with van der Waals surface area (Å²) in [5.74, 6) is 1.65. The van der Waals surface area contributed by atoms with Gasteiger partial charge in [-0.15, -0.1) is 0 Å². The van der Waals surface area contributed by atoms with E-state index in [1.54, 1.807) is 0 Å². The van der Waals surface area contributed by atoms with E-state index in [1.807, 2.05) is 24.3 Å². The molecule has 2 rings (SSSR count). The number of hydrogen-bond acceptors (Lipinski definition) is 3. The molecule has 1 aromatic carbocycles. The van der Waals surface area contributed by atoms with Gasteiger partial charge in [-0.05, 0) is 37.8 Å². The molecular weight excluding hydrogens is 214 g/mol. The molecule has 0 spiro atoms. The van der Waals surface area contributed by atoms with E-state index >= 15 is 0 Å². The highest BCUT2D eigenvalue weighted by Crippen LogP contribution is 2.31. The summed E-state index contributed by atoms with van der Waals surface area (Å²) in [5.41, 5.74) is 6.01. The SMILES string of the molecule is CCCOc1ccccc1OC1CCCC1N. The monoisotopic (exact) mass is 235 g/mol. The van der Waals surface area contributed by atoms with Crippen LogP contribution < -0.4 is 15.2 Å². The first-order chi connectivity index (χ1) is 8.31. The van der Waals surface area contributed by atoms with Crippen molar-refractivity contribution in [2.24, 2.45) is 5.73 Å². The van der Waals surface area contributed by atoms with Crippen molar-refractivity contribution in [1.29, 1.82) is 0 Å². The van der Waals surface area contributed by atoms with Crippen LogP contribution in [0.4, 0.5) is 0 Å². The smallest absolute Gasteiger partial charge is 0.161 e. The summed E-state index contributed by atoms with van der Waals surface area (Å²) in [6.45, 7) is 2.81. The summed E-state index contributed by atoms with van der Waals surface area (Å²) in [7, 11) is 0. The van der Waals surface area contributed by atoms with Crippen molar-refractivity contribution < 1.29 is 9.47 Å². The van der Waals surface area contributed by atoms with Gasteiger partial charge < -0.3 is 15.2 Å². The summed E-state index contributed by atoms with van der Waals surface area (Å²) in [6, 6.07) is 8.00. The van der Waals surface area contributed by atoms with Gasteiger partial charge in [0.1, 0.15) is 6.10 Å². The fraction of sp³-hybridized carbons (Fsp3) is 0.571. The predicted octanol–water partition coefficient (Wildman–Crippen LogP) is 2.73. The normalized spacial score (nSPS) is 23.6. The van der Waals surface area contributed by atoms with Crippen LogP contribution in [-0.4, -0.2) is 18.8 Å². The van der Waals surface area contributed by atoms with Crippen LogP contribution in [0, 0.1) is 0 Å². The van der Waals surface area contributed by atoms with Gasteiger partial charge in [0.15, 0.2) is 11.5 Å². The molecule has 0 heterocycles. The molecule has 0 amide bonds. The third-order valence-electron chi connectivity index (χ3n) is 3.09. The third-order valence-corrected chi connectivity index (χ3v) is 3.09. The zero-order valence-electron chi connectivity index (χ0n) is 10.4. The molecule has 3 heteroatoms. The quantitative estimate of drug-likeness (QED) is 0.853. The molecule has 1 aliphatic rings. The summed E-state index contributed by atoms with van der Waals surface area (Å²) in [5, 5.41) is 0. The number of nitrogens with two attached hydrogens (primary N) is 1. The lowest BCUT2D eigenvalue weighted by atomic mass is 10.2. The van der Waals surface area contributed by atoms with E-state index in [4.69, 9.17) is 15.2 Å². The van der Waals surface area contributed by atoms with E-state index < -0.39 is 0 Å². The Bertz CT molecular complexity index is 354. The van der Waals surface area contributed by atoms with Gasteiger partial charge in [0.05, 0.1) is 6.61 Å². The first-order valence-electron chi connectivity index (χ1n) is 6.45. The Balaban J connectivity index is 2.03. The minimum atomic E-state index is 0.140. The molecule has 1 fully saturated rings. The average molecular weight is 235 g/mol. The molecule has 2 atom stereocenters. The molecule has 2 N–H and O–H groups in total. The van der Waals surface area contributed by atoms with Crippen molar-refractivity contribution in [3.63, 3.8) is 0 Å². The van der Waals surface area contributed by atoms with Crippen LogP contribution in [0.15, 0.2) is 24.3 Å². The standard InChI is InChI=1S/C14H21NO2/c1-2-10-16-13-7-3-4-8-14(13)17-12-9-5-6-11(12)15/h3-4,7-8,11-12H,2,5-6,9-10,15H2,1H3. The molecule has 0 aliphatic heterocycles. The van der Waals surface area contributed by atoms with Crippen molar-refractivity contribution in [2.45, 2.75) is 44.8 Å². The molecule has 0 radical (unpaired) electrons. The first-order valence-corrected chi connectivity index (χ1v) is 6.45. The average Bonchev–Trinajstić information content (AvgIpc) is 2.74. The minimum absolute atomic E-state index is 0.140. The lowest BCUT2D eigenvalue weighted by Crippen LogP contribution is -2.33. The molecule has 94 valence electrons. The first kappa shape index (κ1) is 12.2. The number of para-hydroxylation sites is 2. The molecule has 0 bridgehead atoms. The summed E-state index contributed by atoms with van der Waals surface area (Å²) in [6.07, 6.45) is 4.40. The number of rotatable bonds is 5. The summed E-state index contributed by atoms with van der Waals surface area (Å²) >= 11 is 0. The van der Waals surface area contributed by atoms with E-state index in [0.29, 0.717) is 0 Å². The number of benzene rings is 1. The van der Waals surface area contributed by atoms with Crippen molar-refractivity contribution in [1.82, 2.24) is 0 Å². The van der Waals surface area contributed by atoms with Crippen LogP contribution in [0.1, 0.15) is 32.6 Å². The van der Waals surface area contributed by atoms with Gasteiger partial charge in [0.25, 0.3) is 0 Å². The molecule has 0 saturated heterocycles. The minimum Gasteiger partial charge on any atom is -0.490 e. The lowest BCUT2D eigenvalue weighted by molar-refractivity contribution is 0.179.